The number of benzene rings is 1. The molecule has 0 unspecified atom stereocenters. The van der Waals surface area contributed by atoms with E-state index < -0.39 is 0 Å². The van der Waals surface area contributed by atoms with Crippen LogP contribution in [0.3, 0.4) is 0 Å². The predicted molar refractivity (Wildman–Crippen MR) is 117 cm³/mol. The molecule has 0 spiro atoms. The Morgan fingerprint density at radius 1 is 0.778 bits per heavy atom. The topological polar surface area (TPSA) is 0 Å². The van der Waals surface area contributed by atoms with E-state index in [1.165, 1.54) is 57.8 Å². The standard InChI is InChI=1S/C19H28.C6H5Cl.Zr/c1-3-5-9-16-11-7-13-18(16)15-19-14-8-12-17(19)10-6-4-2;7-6-4-2-1-3-5-6;/h7-8,11-12H,3-6,9-10,13-15H2,1-2H3;1-5H;/q;;+2. The summed E-state index contributed by atoms with van der Waals surface area (Å²) in [6.07, 6.45) is 20.9. The Balaban J connectivity index is 0.000000385. The fraction of sp³-hybridized carbons (Fsp3) is 0.440. The van der Waals surface area contributed by atoms with Crippen LogP contribution < -0.4 is 0 Å². The molecule has 0 aliphatic heterocycles. The summed E-state index contributed by atoms with van der Waals surface area (Å²) in [5.41, 5.74) is 6.66. The van der Waals surface area contributed by atoms with E-state index in [-0.39, 0.29) is 26.2 Å². The van der Waals surface area contributed by atoms with E-state index in [9.17, 15) is 0 Å². The van der Waals surface area contributed by atoms with Crippen LogP contribution in [0.4, 0.5) is 0 Å². The van der Waals surface area contributed by atoms with Crippen molar-refractivity contribution in [3.05, 3.63) is 82.0 Å². The van der Waals surface area contributed by atoms with E-state index in [4.69, 9.17) is 11.6 Å². The number of unbranched alkanes of at least 4 members (excludes halogenated alkanes) is 2. The summed E-state index contributed by atoms with van der Waals surface area (Å²) in [6.45, 7) is 4.57. The van der Waals surface area contributed by atoms with Crippen LogP contribution >= 0.6 is 11.6 Å². The van der Waals surface area contributed by atoms with Crippen LogP contribution in [0.25, 0.3) is 0 Å². The van der Waals surface area contributed by atoms with Crippen molar-refractivity contribution in [1.82, 2.24) is 0 Å². The summed E-state index contributed by atoms with van der Waals surface area (Å²) in [6, 6.07) is 9.44. The first-order valence-electron chi connectivity index (χ1n) is 10.2. The van der Waals surface area contributed by atoms with Gasteiger partial charge in [0.2, 0.25) is 0 Å². The van der Waals surface area contributed by atoms with Gasteiger partial charge in [-0.3, -0.25) is 0 Å². The first kappa shape index (κ1) is 24.4. The molecule has 0 radical (unpaired) electrons. The summed E-state index contributed by atoms with van der Waals surface area (Å²) in [5.74, 6) is 0. The van der Waals surface area contributed by atoms with Crippen LogP contribution in [0.15, 0.2) is 76.9 Å². The Labute approximate surface area is 190 Å². The summed E-state index contributed by atoms with van der Waals surface area (Å²) in [7, 11) is 0. The number of rotatable bonds is 8. The van der Waals surface area contributed by atoms with Crippen molar-refractivity contribution >= 4 is 11.6 Å². The second kappa shape index (κ2) is 14.4. The molecule has 0 saturated carbocycles. The second-order valence-corrected chi connectivity index (χ2v) is 7.59. The molecular formula is C25H33ClZr+2. The Kier molecular flexibility index (Phi) is 13.0. The number of hydrogen-bond acceptors (Lipinski definition) is 0. The third kappa shape index (κ3) is 8.93. The van der Waals surface area contributed by atoms with Gasteiger partial charge in [-0.25, -0.2) is 0 Å². The summed E-state index contributed by atoms with van der Waals surface area (Å²) < 4.78 is 0. The Bertz CT molecular complexity index is 625. The molecule has 1 aromatic carbocycles. The van der Waals surface area contributed by atoms with Gasteiger partial charge in [0.1, 0.15) is 0 Å². The zero-order valence-electron chi connectivity index (χ0n) is 16.9. The van der Waals surface area contributed by atoms with Crippen LogP contribution in [-0.4, -0.2) is 0 Å². The van der Waals surface area contributed by atoms with Gasteiger partial charge in [0.05, 0.1) is 0 Å². The van der Waals surface area contributed by atoms with Crippen LogP contribution in [0, 0.1) is 0 Å². The van der Waals surface area contributed by atoms with Crippen LogP contribution in [0.2, 0.25) is 5.02 Å². The van der Waals surface area contributed by atoms with Gasteiger partial charge in [0, 0.05) is 5.02 Å². The zero-order valence-corrected chi connectivity index (χ0v) is 20.2. The molecule has 0 aromatic heterocycles. The average Bonchev–Trinajstić information content (AvgIpc) is 3.29. The molecule has 3 rings (SSSR count). The molecular weight excluding hydrogens is 427 g/mol. The van der Waals surface area contributed by atoms with Crippen molar-refractivity contribution < 1.29 is 26.2 Å². The molecule has 0 amide bonds. The minimum absolute atomic E-state index is 0. The number of allylic oxidation sites excluding steroid dienone is 8. The number of hydrogen-bond donors (Lipinski definition) is 0. The van der Waals surface area contributed by atoms with Crippen molar-refractivity contribution in [1.29, 1.82) is 0 Å². The SMILES string of the molecule is CCCCC1=C(CC2=C(CCCC)C=CC2)CC=C1.Clc1ccccc1.[Zr+2]. The van der Waals surface area contributed by atoms with E-state index in [1.54, 1.807) is 22.3 Å². The molecule has 0 nitrogen and oxygen atoms in total. The molecule has 2 aliphatic rings. The summed E-state index contributed by atoms with van der Waals surface area (Å²) in [4.78, 5) is 0. The molecule has 0 N–H and O–H groups in total. The van der Waals surface area contributed by atoms with Crippen LogP contribution in [0.5, 0.6) is 0 Å². The fourth-order valence-electron chi connectivity index (χ4n) is 3.48. The van der Waals surface area contributed by atoms with Crippen molar-refractivity contribution in [2.45, 2.75) is 71.6 Å². The summed E-state index contributed by atoms with van der Waals surface area (Å²) >= 11 is 5.54. The third-order valence-corrected chi connectivity index (χ3v) is 5.29. The van der Waals surface area contributed by atoms with E-state index in [0.717, 1.165) is 5.02 Å². The molecule has 142 valence electrons. The van der Waals surface area contributed by atoms with Gasteiger partial charge in [0.15, 0.2) is 0 Å². The maximum absolute atomic E-state index is 5.54. The molecule has 0 heterocycles. The van der Waals surface area contributed by atoms with Gasteiger partial charge in [-0.05, 0) is 68.2 Å². The molecule has 1 aromatic rings. The van der Waals surface area contributed by atoms with E-state index in [2.05, 4.69) is 38.2 Å². The minimum Gasteiger partial charge on any atom is -0.0843 e. The largest absolute Gasteiger partial charge is 2.00 e. The van der Waals surface area contributed by atoms with Crippen molar-refractivity contribution in [2.75, 3.05) is 0 Å². The van der Waals surface area contributed by atoms with E-state index >= 15 is 0 Å². The van der Waals surface area contributed by atoms with Gasteiger partial charge in [-0.1, -0.05) is 91.9 Å². The Morgan fingerprint density at radius 2 is 1.26 bits per heavy atom. The third-order valence-electron chi connectivity index (χ3n) is 5.03. The van der Waals surface area contributed by atoms with Gasteiger partial charge in [-0.2, -0.15) is 0 Å². The molecule has 0 bridgehead atoms. The quantitative estimate of drug-likeness (QED) is 0.365. The average molecular weight is 460 g/mol. The van der Waals surface area contributed by atoms with E-state index in [0.29, 0.717) is 0 Å². The first-order valence-corrected chi connectivity index (χ1v) is 10.6. The van der Waals surface area contributed by atoms with Gasteiger partial charge in [-0.15, -0.1) is 0 Å². The monoisotopic (exact) mass is 458 g/mol. The molecule has 0 atom stereocenters. The van der Waals surface area contributed by atoms with Gasteiger partial charge in [0.25, 0.3) is 0 Å². The molecule has 27 heavy (non-hydrogen) atoms. The maximum Gasteiger partial charge on any atom is 2.00 e. The normalized spacial score (nSPS) is 15.1. The van der Waals surface area contributed by atoms with Crippen molar-refractivity contribution in [2.24, 2.45) is 0 Å². The van der Waals surface area contributed by atoms with Crippen molar-refractivity contribution in [3.63, 3.8) is 0 Å². The zero-order chi connectivity index (χ0) is 18.6. The van der Waals surface area contributed by atoms with Crippen molar-refractivity contribution in [3.8, 4) is 0 Å². The smallest absolute Gasteiger partial charge is 0.0843 e. The molecule has 2 heteroatoms. The molecule has 2 aliphatic carbocycles. The fourth-order valence-corrected chi connectivity index (χ4v) is 3.63. The van der Waals surface area contributed by atoms with Gasteiger partial charge >= 0.3 is 26.2 Å². The summed E-state index contributed by atoms with van der Waals surface area (Å²) in [5, 5.41) is 0.794. The predicted octanol–water partition coefficient (Wildman–Crippen LogP) is 8.61. The Morgan fingerprint density at radius 3 is 1.63 bits per heavy atom. The molecule has 0 saturated heterocycles. The molecule has 0 fully saturated rings. The van der Waals surface area contributed by atoms with Crippen LogP contribution in [-0.2, 0) is 26.2 Å². The van der Waals surface area contributed by atoms with E-state index in [1.807, 2.05) is 30.3 Å². The second-order valence-electron chi connectivity index (χ2n) is 7.15. The minimum atomic E-state index is 0. The number of halogens is 1. The first-order chi connectivity index (χ1) is 12.7. The van der Waals surface area contributed by atoms with Crippen LogP contribution in [0.1, 0.15) is 71.6 Å². The van der Waals surface area contributed by atoms with Gasteiger partial charge < -0.3 is 0 Å². The maximum atomic E-state index is 5.54. The Hall–Kier alpha value is -0.647.